The van der Waals surface area contributed by atoms with Crippen molar-refractivity contribution >= 4 is 15.9 Å². The maximum absolute atomic E-state index is 9.24. The predicted octanol–water partition coefficient (Wildman–Crippen LogP) is 3.43. The molecule has 3 nitrogen and oxygen atoms in total. The highest BCUT2D eigenvalue weighted by atomic mass is 79.9. The van der Waals surface area contributed by atoms with E-state index in [0.29, 0.717) is 13.2 Å². The Balaban J connectivity index is 2.42. The minimum atomic E-state index is -0.508. The first kappa shape index (κ1) is 13.5. The van der Waals surface area contributed by atoms with E-state index in [-0.39, 0.29) is 6.29 Å². The molecule has 0 unspecified atom stereocenters. The predicted molar refractivity (Wildman–Crippen MR) is 72.4 cm³/mol. The Hall–Kier alpha value is -0.890. The Bertz CT molecular complexity index is 473. The lowest BCUT2D eigenvalue weighted by Gasteiger charge is -2.20. The number of hydrogen-bond acceptors (Lipinski definition) is 3. The van der Waals surface area contributed by atoms with Crippen LogP contribution in [0.25, 0.3) is 0 Å². The first-order valence-electron chi connectivity index (χ1n) is 5.91. The maximum atomic E-state index is 9.24. The Labute approximate surface area is 116 Å². The standard InChI is InChI=1S/C14H16BrNO2/c1-14(2,9-16)12-6-10(8-15)5-11(7-12)13-17-3-4-18-13/h5-7,13H,3-4,8H2,1-2H3. The molecule has 1 saturated heterocycles. The Kier molecular flexibility index (Phi) is 4.06. The Morgan fingerprint density at radius 3 is 2.56 bits per heavy atom. The van der Waals surface area contributed by atoms with Gasteiger partial charge < -0.3 is 9.47 Å². The zero-order chi connectivity index (χ0) is 13.2. The van der Waals surface area contributed by atoms with Gasteiger partial charge in [0.25, 0.3) is 0 Å². The van der Waals surface area contributed by atoms with Crippen molar-refractivity contribution in [2.24, 2.45) is 0 Å². The van der Waals surface area contributed by atoms with E-state index < -0.39 is 5.41 Å². The normalized spacial score (nSPS) is 16.8. The summed E-state index contributed by atoms with van der Waals surface area (Å²) in [5.41, 5.74) is 2.61. The van der Waals surface area contributed by atoms with Crippen LogP contribution in [-0.4, -0.2) is 13.2 Å². The van der Waals surface area contributed by atoms with Gasteiger partial charge in [0.05, 0.1) is 24.7 Å². The maximum Gasteiger partial charge on any atom is 0.184 e. The zero-order valence-corrected chi connectivity index (χ0v) is 12.2. The van der Waals surface area contributed by atoms with Gasteiger partial charge in [0.15, 0.2) is 6.29 Å². The molecule has 18 heavy (non-hydrogen) atoms. The van der Waals surface area contributed by atoms with Gasteiger partial charge in [-0.05, 0) is 37.1 Å². The van der Waals surface area contributed by atoms with Gasteiger partial charge in [0.1, 0.15) is 0 Å². The summed E-state index contributed by atoms with van der Waals surface area (Å²) in [6, 6.07) is 8.44. The second kappa shape index (κ2) is 5.40. The second-order valence-electron chi connectivity index (χ2n) is 4.91. The summed E-state index contributed by atoms with van der Waals surface area (Å²) in [4.78, 5) is 0. The second-order valence-corrected chi connectivity index (χ2v) is 5.47. The molecular weight excluding hydrogens is 294 g/mol. The third kappa shape index (κ3) is 2.74. The van der Waals surface area contributed by atoms with Crippen molar-refractivity contribution in [1.82, 2.24) is 0 Å². The summed E-state index contributed by atoms with van der Waals surface area (Å²) in [7, 11) is 0. The van der Waals surface area contributed by atoms with Crippen molar-refractivity contribution in [3.63, 3.8) is 0 Å². The molecule has 1 fully saturated rings. The van der Waals surface area contributed by atoms with Crippen LogP contribution in [0.4, 0.5) is 0 Å². The topological polar surface area (TPSA) is 42.2 Å². The number of alkyl halides is 1. The van der Waals surface area contributed by atoms with Crippen LogP contribution in [0.3, 0.4) is 0 Å². The molecule has 0 atom stereocenters. The average Bonchev–Trinajstić information content (AvgIpc) is 2.92. The minimum absolute atomic E-state index is 0.294. The van der Waals surface area contributed by atoms with Gasteiger partial charge in [-0.25, -0.2) is 0 Å². The van der Waals surface area contributed by atoms with Gasteiger partial charge in [-0.3, -0.25) is 0 Å². The smallest absolute Gasteiger partial charge is 0.184 e. The fraction of sp³-hybridized carbons (Fsp3) is 0.500. The largest absolute Gasteiger partial charge is 0.346 e. The molecule has 0 aliphatic carbocycles. The molecule has 4 heteroatoms. The molecule has 1 aromatic carbocycles. The monoisotopic (exact) mass is 309 g/mol. The van der Waals surface area contributed by atoms with Gasteiger partial charge in [-0.2, -0.15) is 5.26 Å². The van der Waals surface area contributed by atoms with Gasteiger partial charge in [-0.1, -0.05) is 22.0 Å². The quantitative estimate of drug-likeness (QED) is 0.803. The molecule has 0 amide bonds. The molecule has 0 bridgehead atoms. The van der Waals surface area contributed by atoms with E-state index in [1.165, 1.54) is 0 Å². The number of halogens is 1. The first-order chi connectivity index (χ1) is 8.56. The molecule has 1 heterocycles. The summed E-state index contributed by atoms with van der Waals surface area (Å²) in [5, 5.41) is 10.00. The van der Waals surface area contributed by atoms with E-state index in [1.807, 2.05) is 19.9 Å². The van der Waals surface area contributed by atoms with E-state index in [2.05, 4.69) is 34.1 Å². The highest BCUT2D eigenvalue weighted by molar-refractivity contribution is 9.08. The molecule has 2 rings (SSSR count). The van der Waals surface area contributed by atoms with Gasteiger partial charge in [0, 0.05) is 10.9 Å². The lowest BCUT2D eigenvalue weighted by molar-refractivity contribution is -0.0442. The van der Waals surface area contributed by atoms with E-state index in [1.54, 1.807) is 0 Å². The van der Waals surface area contributed by atoms with Gasteiger partial charge in [0.2, 0.25) is 0 Å². The summed E-state index contributed by atoms with van der Waals surface area (Å²) >= 11 is 3.46. The molecule has 0 aromatic heterocycles. The van der Waals surface area contributed by atoms with Crippen molar-refractivity contribution in [2.45, 2.75) is 30.9 Å². The van der Waals surface area contributed by atoms with Crippen molar-refractivity contribution < 1.29 is 9.47 Å². The Morgan fingerprint density at radius 2 is 2.00 bits per heavy atom. The fourth-order valence-electron chi connectivity index (χ4n) is 1.91. The minimum Gasteiger partial charge on any atom is -0.346 e. The summed E-state index contributed by atoms with van der Waals surface area (Å²) in [5.74, 6) is 0. The van der Waals surface area contributed by atoms with E-state index in [0.717, 1.165) is 22.0 Å². The van der Waals surface area contributed by atoms with E-state index in [4.69, 9.17) is 9.47 Å². The first-order valence-corrected chi connectivity index (χ1v) is 7.04. The molecule has 1 aliphatic rings. The van der Waals surface area contributed by atoms with Crippen LogP contribution in [0.1, 0.15) is 36.8 Å². The van der Waals surface area contributed by atoms with Gasteiger partial charge in [-0.15, -0.1) is 0 Å². The summed E-state index contributed by atoms with van der Waals surface area (Å²) in [6.07, 6.45) is -0.294. The van der Waals surface area contributed by atoms with Crippen molar-refractivity contribution in [2.75, 3.05) is 13.2 Å². The van der Waals surface area contributed by atoms with Gasteiger partial charge >= 0.3 is 0 Å². The average molecular weight is 310 g/mol. The fourth-order valence-corrected chi connectivity index (χ4v) is 2.23. The molecule has 0 saturated carbocycles. The summed E-state index contributed by atoms with van der Waals surface area (Å²) < 4.78 is 11.0. The number of ether oxygens (including phenoxy) is 2. The molecule has 1 aromatic rings. The Morgan fingerprint density at radius 1 is 1.33 bits per heavy atom. The number of rotatable bonds is 3. The van der Waals surface area contributed by atoms with Crippen molar-refractivity contribution in [1.29, 1.82) is 5.26 Å². The van der Waals surface area contributed by atoms with E-state index in [9.17, 15) is 5.26 Å². The van der Waals surface area contributed by atoms with Crippen molar-refractivity contribution in [3.05, 3.63) is 34.9 Å². The number of benzene rings is 1. The van der Waals surface area contributed by atoms with Crippen LogP contribution in [0.2, 0.25) is 0 Å². The summed E-state index contributed by atoms with van der Waals surface area (Å²) in [6.45, 7) is 5.08. The SMILES string of the molecule is CC(C)(C#N)c1cc(CBr)cc(C2OCCO2)c1. The lowest BCUT2D eigenvalue weighted by atomic mass is 9.84. The molecule has 0 N–H and O–H groups in total. The zero-order valence-electron chi connectivity index (χ0n) is 10.6. The molecule has 1 aliphatic heterocycles. The third-order valence-electron chi connectivity index (χ3n) is 3.06. The van der Waals surface area contributed by atoms with Crippen LogP contribution < -0.4 is 0 Å². The van der Waals surface area contributed by atoms with Crippen LogP contribution in [0.5, 0.6) is 0 Å². The van der Waals surface area contributed by atoms with Crippen LogP contribution in [-0.2, 0) is 20.2 Å². The molecule has 0 spiro atoms. The van der Waals surface area contributed by atoms with Crippen molar-refractivity contribution in [3.8, 4) is 6.07 Å². The number of nitriles is 1. The molecule has 0 radical (unpaired) electrons. The van der Waals surface area contributed by atoms with Crippen LogP contribution in [0.15, 0.2) is 18.2 Å². The highest BCUT2D eigenvalue weighted by Gasteiger charge is 2.24. The highest BCUT2D eigenvalue weighted by Crippen LogP contribution is 2.30. The van der Waals surface area contributed by atoms with Crippen LogP contribution in [0, 0.1) is 11.3 Å². The molecule has 96 valence electrons. The third-order valence-corrected chi connectivity index (χ3v) is 3.71. The number of nitrogens with zero attached hydrogens (tertiary/aromatic N) is 1. The van der Waals surface area contributed by atoms with E-state index >= 15 is 0 Å². The lowest BCUT2D eigenvalue weighted by Crippen LogP contribution is -2.15. The number of hydrogen-bond donors (Lipinski definition) is 0. The molecular formula is C14H16BrNO2. The van der Waals surface area contributed by atoms with Crippen LogP contribution >= 0.6 is 15.9 Å².